The van der Waals surface area contributed by atoms with Gasteiger partial charge in [0.05, 0.1) is 19.3 Å². The Balaban J connectivity index is 0.00000280. The standard InChI is InChI=1S/C18H24N6O3.ClH/c1-22(2)17(25)12-23-11-14(20-21-23)18(26)24-9-8-19-10-15(24)13-6-4-5-7-16(13)27-3;/h4-7,11,15,19H,8-10,12H2,1-3H3;1H. The van der Waals surface area contributed by atoms with E-state index >= 15 is 0 Å². The largest absolute Gasteiger partial charge is 0.496 e. The molecule has 152 valence electrons. The van der Waals surface area contributed by atoms with Gasteiger partial charge in [-0.25, -0.2) is 4.68 Å². The van der Waals surface area contributed by atoms with Gasteiger partial charge < -0.3 is 19.9 Å². The first kappa shape index (κ1) is 21.6. The summed E-state index contributed by atoms with van der Waals surface area (Å²) in [5, 5.41) is 11.2. The third-order valence-electron chi connectivity index (χ3n) is 4.56. The minimum atomic E-state index is -0.212. The molecule has 28 heavy (non-hydrogen) atoms. The Labute approximate surface area is 170 Å². The number of carbonyl (C=O) groups is 2. The smallest absolute Gasteiger partial charge is 0.276 e. The summed E-state index contributed by atoms with van der Waals surface area (Å²) >= 11 is 0. The monoisotopic (exact) mass is 408 g/mol. The highest BCUT2D eigenvalue weighted by atomic mass is 35.5. The number of benzene rings is 1. The van der Waals surface area contributed by atoms with Crippen LogP contribution in [0.1, 0.15) is 22.1 Å². The number of carbonyl (C=O) groups excluding carboxylic acids is 2. The number of likely N-dealkylation sites (N-methyl/N-ethyl adjacent to an activating group) is 1. The molecule has 9 nitrogen and oxygen atoms in total. The number of rotatable bonds is 5. The Morgan fingerprint density at radius 1 is 1.32 bits per heavy atom. The van der Waals surface area contributed by atoms with E-state index in [1.54, 1.807) is 26.1 Å². The molecule has 2 aromatic rings. The molecule has 0 radical (unpaired) electrons. The number of hydrogen-bond donors (Lipinski definition) is 1. The maximum Gasteiger partial charge on any atom is 0.276 e. The van der Waals surface area contributed by atoms with Gasteiger partial charge in [0.1, 0.15) is 12.3 Å². The molecule has 10 heteroatoms. The molecule has 1 N–H and O–H groups in total. The number of amides is 2. The number of nitrogens with one attached hydrogen (secondary N) is 1. The fourth-order valence-corrected chi connectivity index (χ4v) is 3.07. The van der Waals surface area contributed by atoms with Gasteiger partial charge in [-0.15, -0.1) is 17.5 Å². The summed E-state index contributed by atoms with van der Waals surface area (Å²) in [4.78, 5) is 28.1. The fraction of sp³-hybridized carbons (Fsp3) is 0.444. The van der Waals surface area contributed by atoms with E-state index in [0.29, 0.717) is 19.6 Å². The molecular formula is C18H25ClN6O3. The third kappa shape index (κ3) is 4.60. The van der Waals surface area contributed by atoms with E-state index in [1.165, 1.54) is 15.8 Å². The van der Waals surface area contributed by atoms with Crippen LogP contribution in [0.2, 0.25) is 0 Å². The lowest BCUT2D eigenvalue weighted by molar-refractivity contribution is -0.129. The lowest BCUT2D eigenvalue weighted by Gasteiger charge is -2.36. The zero-order chi connectivity index (χ0) is 19.4. The summed E-state index contributed by atoms with van der Waals surface area (Å²) in [6, 6.07) is 7.51. The number of halogens is 1. The zero-order valence-corrected chi connectivity index (χ0v) is 17.0. The summed E-state index contributed by atoms with van der Waals surface area (Å²) < 4.78 is 6.85. The van der Waals surface area contributed by atoms with Crippen LogP contribution >= 0.6 is 12.4 Å². The molecule has 1 unspecified atom stereocenters. The Hall–Kier alpha value is -2.65. The number of para-hydroxylation sites is 1. The first-order chi connectivity index (χ1) is 13.0. The molecule has 1 aliphatic heterocycles. The van der Waals surface area contributed by atoms with Crippen LogP contribution in [-0.2, 0) is 11.3 Å². The first-order valence-electron chi connectivity index (χ1n) is 8.76. The van der Waals surface area contributed by atoms with Gasteiger partial charge >= 0.3 is 0 Å². The van der Waals surface area contributed by atoms with E-state index in [2.05, 4.69) is 15.6 Å². The van der Waals surface area contributed by atoms with Gasteiger partial charge in [0, 0.05) is 39.3 Å². The third-order valence-corrected chi connectivity index (χ3v) is 4.56. The van der Waals surface area contributed by atoms with Gasteiger partial charge in [-0.3, -0.25) is 9.59 Å². The highest BCUT2D eigenvalue weighted by Crippen LogP contribution is 2.30. The van der Waals surface area contributed by atoms with Crippen LogP contribution in [0.4, 0.5) is 0 Å². The summed E-state index contributed by atoms with van der Waals surface area (Å²) in [5.41, 5.74) is 1.17. The quantitative estimate of drug-likeness (QED) is 0.778. The number of hydrogen-bond acceptors (Lipinski definition) is 6. The van der Waals surface area contributed by atoms with Crippen LogP contribution in [0.15, 0.2) is 30.5 Å². The Bertz CT molecular complexity index is 825. The van der Waals surface area contributed by atoms with Crippen molar-refractivity contribution in [2.75, 3.05) is 40.8 Å². The van der Waals surface area contributed by atoms with E-state index < -0.39 is 0 Å². The van der Waals surface area contributed by atoms with Crippen LogP contribution in [0.3, 0.4) is 0 Å². The molecule has 0 aliphatic carbocycles. The van der Waals surface area contributed by atoms with Gasteiger partial charge in [-0.1, -0.05) is 23.4 Å². The Morgan fingerprint density at radius 3 is 2.79 bits per heavy atom. The van der Waals surface area contributed by atoms with Crippen molar-refractivity contribution in [3.63, 3.8) is 0 Å². The molecule has 0 spiro atoms. The second-order valence-corrected chi connectivity index (χ2v) is 6.55. The molecule has 3 rings (SSSR count). The van der Waals surface area contributed by atoms with Crippen LogP contribution in [0, 0.1) is 0 Å². The molecule has 0 bridgehead atoms. The van der Waals surface area contributed by atoms with E-state index in [9.17, 15) is 9.59 Å². The van der Waals surface area contributed by atoms with Crippen molar-refractivity contribution in [1.82, 2.24) is 30.1 Å². The number of nitrogens with zero attached hydrogens (tertiary/aromatic N) is 5. The van der Waals surface area contributed by atoms with E-state index in [-0.39, 0.29) is 42.5 Å². The molecular weight excluding hydrogens is 384 g/mol. The number of aromatic nitrogens is 3. The van der Waals surface area contributed by atoms with Gasteiger partial charge in [0.2, 0.25) is 5.91 Å². The van der Waals surface area contributed by atoms with Crippen LogP contribution < -0.4 is 10.1 Å². The minimum Gasteiger partial charge on any atom is -0.496 e. The topological polar surface area (TPSA) is 92.6 Å². The molecule has 1 aromatic carbocycles. The lowest BCUT2D eigenvalue weighted by Crippen LogP contribution is -2.48. The van der Waals surface area contributed by atoms with Gasteiger partial charge in [0.15, 0.2) is 5.69 Å². The van der Waals surface area contributed by atoms with Crippen molar-refractivity contribution in [2.24, 2.45) is 0 Å². The molecule has 1 saturated heterocycles. The van der Waals surface area contributed by atoms with Gasteiger partial charge in [-0.05, 0) is 6.07 Å². The summed E-state index contributed by atoms with van der Waals surface area (Å²) in [6.07, 6.45) is 1.52. The molecule has 1 aliphatic rings. The zero-order valence-electron chi connectivity index (χ0n) is 16.2. The molecule has 1 fully saturated rings. The summed E-state index contributed by atoms with van der Waals surface area (Å²) in [6.45, 7) is 1.92. The number of methoxy groups -OCH3 is 1. The molecule has 1 aromatic heterocycles. The van der Waals surface area contributed by atoms with E-state index in [1.807, 2.05) is 24.3 Å². The predicted octanol–water partition coefficient (Wildman–Crippen LogP) is 0.583. The normalized spacial score (nSPS) is 16.2. The summed E-state index contributed by atoms with van der Waals surface area (Å²) in [5.74, 6) is 0.410. The van der Waals surface area contributed by atoms with Crippen molar-refractivity contribution in [2.45, 2.75) is 12.6 Å². The van der Waals surface area contributed by atoms with Crippen molar-refractivity contribution in [3.8, 4) is 5.75 Å². The summed E-state index contributed by atoms with van der Waals surface area (Å²) in [7, 11) is 4.96. The SMILES string of the molecule is COc1ccccc1C1CNCCN1C(=O)c1cn(CC(=O)N(C)C)nn1.Cl. The van der Waals surface area contributed by atoms with E-state index in [0.717, 1.165) is 11.3 Å². The van der Waals surface area contributed by atoms with Crippen molar-refractivity contribution in [1.29, 1.82) is 0 Å². The van der Waals surface area contributed by atoms with Crippen molar-refractivity contribution in [3.05, 3.63) is 41.7 Å². The second-order valence-electron chi connectivity index (χ2n) is 6.55. The van der Waals surface area contributed by atoms with E-state index in [4.69, 9.17) is 4.74 Å². The highest BCUT2D eigenvalue weighted by molar-refractivity contribution is 5.92. The maximum absolute atomic E-state index is 13.1. The van der Waals surface area contributed by atoms with Crippen molar-refractivity contribution >= 4 is 24.2 Å². The lowest BCUT2D eigenvalue weighted by atomic mass is 10.0. The van der Waals surface area contributed by atoms with Crippen LogP contribution in [0.5, 0.6) is 5.75 Å². The van der Waals surface area contributed by atoms with Crippen LogP contribution in [-0.4, -0.2) is 77.4 Å². The van der Waals surface area contributed by atoms with Crippen molar-refractivity contribution < 1.29 is 14.3 Å². The van der Waals surface area contributed by atoms with Gasteiger partial charge in [0.25, 0.3) is 5.91 Å². The first-order valence-corrected chi connectivity index (χ1v) is 8.76. The van der Waals surface area contributed by atoms with Crippen LogP contribution in [0.25, 0.3) is 0 Å². The molecule has 2 heterocycles. The average molecular weight is 409 g/mol. The maximum atomic E-state index is 13.1. The molecule has 1 atom stereocenters. The Morgan fingerprint density at radius 2 is 2.07 bits per heavy atom. The number of ether oxygens (including phenoxy) is 1. The van der Waals surface area contributed by atoms with Gasteiger partial charge in [-0.2, -0.15) is 0 Å². The number of piperazine rings is 1. The second kappa shape index (κ2) is 9.52. The Kier molecular flexibility index (Phi) is 7.36. The molecule has 0 saturated carbocycles. The molecule has 2 amide bonds. The highest BCUT2D eigenvalue weighted by Gasteiger charge is 2.31. The fourth-order valence-electron chi connectivity index (χ4n) is 3.07. The average Bonchev–Trinajstić information content (AvgIpc) is 3.15. The minimum absolute atomic E-state index is 0. The predicted molar refractivity (Wildman–Crippen MR) is 106 cm³/mol.